The summed E-state index contributed by atoms with van der Waals surface area (Å²) in [6, 6.07) is 9.98. The van der Waals surface area contributed by atoms with Crippen LogP contribution in [-0.4, -0.2) is 59.5 Å². The van der Waals surface area contributed by atoms with Gasteiger partial charge in [0.1, 0.15) is 22.7 Å². The van der Waals surface area contributed by atoms with Crippen molar-refractivity contribution in [2.75, 3.05) is 36.0 Å². The number of benzene rings is 1. The van der Waals surface area contributed by atoms with Gasteiger partial charge in [-0.1, -0.05) is 18.2 Å². The zero-order chi connectivity index (χ0) is 26.1. The van der Waals surface area contributed by atoms with E-state index >= 15 is 0 Å². The third-order valence-electron chi connectivity index (χ3n) is 5.20. The average molecular weight is 512 g/mol. The first-order valence-corrected chi connectivity index (χ1v) is 12.8. The van der Waals surface area contributed by atoms with Crippen LogP contribution >= 0.6 is 11.3 Å². The van der Waals surface area contributed by atoms with Gasteiger partial charge in [-0.25, -0.2) is 19.6 Å². The second-order valence-corrected chi connectivity index (χ2v) is 11.7. The van der Waals surface area contributed by atoms with Crippen molar-refractivity contribution < 1.29 is 19.1 Å². The number of carbonyl (C=O) groups is 2. The number of aromatic nitrogens is 2. The van der Waals surface area contributed by atoms with Crippen LogP contribution < -0.4 is 15.1 Å². The Morgan fingerprint density at radius 2 is 1.61 bits per heavy atom. The molecule has 36 heavy (non-hydrogen) atoms. The predicted octanol–water partition coefficient (Wildman–Crippen LogP) is 5.44. The minimum atomic E-state index is -0.872. The summed E-state index contributed by atoms with van der Waals surface area (Å²) >= 11 is 1.52. The van der Waals surface area contributed by atoms with Crippen LogP contribution in [0.3, 0.4) is 0 Å². The summed E-state index contributed by atoms with van der Waals surface area (Å²) in [7, 11) is 0. The zero-order valence-electron chi connectivity index (χ0n) is 21.6. The van der Waals surface area contributed by atoms with E-state index in [1.54, 1.807) is 47.7 Å². The summed E-state index contributed by atoms with van der Waals surface area (Å²) in [6.45, 7) is 13.7. The van der Waals surface area contributed by atoms with Gasteiger partial charge in [-0.3, -0.25) is 0 Å². The van der Waals surface area contributed by atoms with Crippen LogP contribution in [-0.2, 0) is 9.47 Å². The molecule has 0 bridgehead atoms. The van der Waals surface area contributed by atoms with Gasteiger partial charge in [0.25, 0.3) is 0 Å². The number of nitrogens with one attached hydrogen (secondary N) is 1. The zero-order valence-corrected chi connectivity index (χ0v) is 22.4. The molecule has 1 aliphatic rings. The quantitative estimate of drug-likeness (QED) is 0.496. The highest BCUT2D eigenvalue weighted by atomic mass is 32.1. The Hall–Kier alpha value is -3.24. The van der Waals surface area contributed by atoms with Gasteiger partial charge in [0.2, 0.25) is 0 Å². The van der Waals surface area contributed by atoms with Gasteiger partial charge in [0, 0.05) is 30.9 Å². The number of rotatable bonds is 3. The van der Waals surface area contributed by atoms with Crippen molar-refractivity contribution in [2.45, 2.75) is 52.7 Å². The Morgan fingerprint density at radius 3 is 2.19 bits per heavy atom. The first kappa shape index (κ1) is 25.8. The molecule has 4 rings (SSSR count). The molecule has 2 amide bonds. The number of nitrogens with zero attached hydrogens (tertiary/aromatic N) is 4. The normalized spacial score (nSPS) is 14.6. The third-order valence-corrected chi connectivity index (χ3v) is 6.33. The molecule has 0 atom stereocenters. The van der Waals surface area contributed by atoms with E-state index in [2.05, 4.69) is 15.2 Å². The van der Waals surface area contributed by atoms with E-state index in [-0.39, 0.29) is 5.82 Å². The van der Waals surface area contributed by atoms with Gasteiger partial charge in [-0.05, 0) is 59.1 Å². The monoisotopic (exact) mass is 511 g/mol. The van der Waals surface area contributed by atoms with Crippen LogP contribution in [0.2, 0.25) is 0 Å². The number of carbonyl (C=O) groups excluding carboxylic acids is 2. The van der Waals surface area contributed by atoms with Crippen molar-refractivity contribution in [1.82, 2.24) is 15.3 Å². The first-order valence-electron chi connectivity index (χ1n) is 12.0. The Balaban J connectivity index is 1.87. The maximum atomic E-state index is 13.3. The highest BCUT2D eigenvalue weighted by Gasteiger charge is 2.36. The van der Waals surface area contributed by atoms with Gasteiger partial charge in [0.05, 0.1) is 11.1 Å². The topological polar surface area (TPSA) is 96.9 Å². The summed E-state index contributed by atoms with van der Waals surface area (Å²) in [4.78, 5) is 40.0. The van der Waals surface area contributed by atoms with Crippen molar-refractivity contribution in [3.8, 4) is 10.6 Å². The number of ether oxygens (including phenoxy) is 2. The van der Waals surface area contributed by atoms with Crippen LogP contribution in [0.4, 0.5) is 21.2 Å². The highest BCUT2D eigenvalue weighted by Crippen LogP contribution is 2.38. The summed E-state index contributed by atoms with van der Waals surface area (Å²) in [6.07, 6.45) is -0.147. The number of imide groups is 1. The lowest BCUT2D eigenvalue weighted by atomic mass is 10.2. The van der Waals surface area contributed by atoms with Gasteiger partial charge >= 0.3 is 12.2 Å². The molecule has 0 unspecified atom stereocenters. The predicted molar refractivity (Wildman–Crippen MR) is 143 cm³/mol. The van der Waals surface area contributed by atoms with Crippen LogP contribution in [0.5, 0.6) is 0 Å². The van der Waals surface area contributed by atoms with Gasteiger partial charge in [-0.2, -0.15) is 4.90 Å². The number of piperazine rings is 1. The van der Waals surface area contributed by atoms with Crippen molar-refractivity contribution >= 4 is 45.2 Å². The number of hydrogen-bond acceptors (Lipinski definition) is 9. The lowest BCUT2D eigenvalue weighted by molar-refractivity contribution is 0.0429. The molecule has 3 aromatic rings. The lowest BCUT2D eigenvalue weighted by Crippen LogP contribution is -2.45. The van der Waals surface area contributed by atoms with E-state index in [1.807, 2.05) is 30.3 Å². The Kier molecular flexibility index (Phi) is 7.19. The number of hydrogen-bond donors (Lipinski definition) is 1. The van der Waals surface area contributed by atoms with E-state index < -0.39 is 23.4 Å². The van der Waals surface area contributed by atoms with E-state index in [0.717, 1.165) is 46.0 Å². The van der Waals surface area contributed by atoms with E-state index in [4.69, 9.17) is 14.5 Å². The number of amides is 2. The summed E-state index contributed by atoms with van der Waals surface area (Å²) in [5, 5.41) is 4.37. The molecule has 1 aromatic carbocycles. The molecule has 0 radical (unpaired) electrons. The maximum Gasteiger partial charge on any atom is 0.425 e. The van der Waals surface area contributed by atoms with Gasteiger partial charge in [-0.15, -0.1) is 11.3 Å². The van der Waals surface area contributed by atoms with Gasteiger partial charge < -0.3 is 19.7 Å². The van der Waals surface area contributed by atoms with Crippen LogP contribution in [0.15, 0.2) is 36.5 Å². The molecule has 3 heterocycles. The molecule has 2 aromatic heterocycles. The molecule has 1 fully saturated rings. The largest absolute Gasteiger partial charge is 0.443 e. The molecule has 1 aliphatic heterocycles. The Labute approximate surface area is 215 Å². The van der Waals surface area contributed by atoms with Gasteiger partial charge in [0.15, 0.2) is 5.82 Å². The number of fused-ring (bicyclic) bond motifs is 1. The maximum absolute atomic E-state index is 13.3. The van der Waals surface area contributed by atoms with Crippen LogP contribution in [0.1, 0.15) is 41.5 Å². The Morgan fingerprint density at radius 1 is 1.00 bits per heavy atom. The third kappa shape index (κ3) is 6.11. The number of thiophene rings is 1. The summed E-state index contributed by atoms with van der Waals surface area (Å²) in [5.41, 5.74) is -1.24. The minimum absolute atomic E-state index is 0.0731. The fraction of sp³-hybridized carbons (Fsp3) is 0.462. The molecule has 10 heteroatoms. The Bertz CT molecular complexity index is 1190. The number of anilines is 2. The molecule has 0 spiro atoms. The van der Waals surface area contributed by atoms with E-state index in [0.29, 0.717) is 11.5 Å². The molecule has 9 nitrogen and oxygen atoms in total. The molecular formula is C26H33N5O4S. The summed E-state index contributed by atoms with van der Waals surface area (Å²) < 4.78 is 12.2. The SMILES string of the molecule is CC(C)(C)OC(=O)N(C(=O)OC(C)(C)C)c1ncc(N2CCNCC2)nc1-c1cc2ccccc2s1. The van der Waals surface area contributed by atoms with E-state index in [1.165, 1.54) is 11.3 Å². The van der Waals surface area contributed by atoms with Crippen LogP contribution in [0, 0.1) is 0 Å². The fourth-order valence-electron chi connectivity index (χ4n) is 3.71. The molecule has 1 saturated heterocycles. The standard InChI is InChI=1S/C26H33N5O4S/c1-25(2,3)34-23(32)31(24(33)35-26(4,5)6)22-21(19-15-17-9-7-8-10-18(17)36-19)29-20(16-28-22)30-13-11-27-12-14-30/h7-10,15-16,27H,11-14H2,1-6H3. The summed E-state index contributed by atoms with van der Waals surface area (Å²) in [5.74, 6) is 0.755. The van der Waals surface area contributed by atoms with Crippen molar-refractivity contribution in [1.29, 1.82) is 0 Å². The minimum Gasteiger partial charge on any atom is -0.443 e. The smallest absolute Gasteiger partial charge is 0.425 e. The molecule has 1 N–H and O–H groups in total. The van der Waals surface area contributed by atoms with E-state index in [9.17, 15) is 9.59 Å². The second kappa shape index (κ2) is 10.0. The molecule has 0 aliphatic carbocycles. The van der Waals surface area contributed by atoms with Crippen molar-refractivity contribution in [2.24, 2.45) is 0 Å². The lowest BCUT2D eigenvalue weighted by Gasteiger charge is -2.30. The van der Waals surface area contributed by atoms with Crippen molar-refractivity contribution in [3.63, 3.8) is 0 Å². The second-order valence-electron chi connectivity index (χ2n) is 10.6. The highest BCUT2D eigenvalue weighted by molar-refractivity contribution is 7.22. The first-order chi connectivity index (χ1) is 16.9. The average Bonchev–Trinajstić information content (AvgIpc) is 3.22. The van der Waals surface area contributed by atoms with Crippen molar-refractivity contribution in [3.05, 3.63) is 36.5 Å². The molecule has 192 valence electrons. The van der Waals surface area contributed by atoms with Crippen LogP contribution in [0.25, 0.3) is 20.7 Å². The molecular weight excluding hydrogens is 478 g/mol. The molecule has 0 saturated carbocycles. The fourth-order valence-corrected chi connectivity index (χ4v) is 4.76.